The molecule has 112 valence electrons. The summed E-state index contributed by atoms with van der Waals surface area (Å²) >= 11 is 1.54. The van der Waals surface area contributed by atoms with Gasteiger partial charge in [-0.3, -0.25) is 4.79 Å². The zero-order valence-electron chi connectivity index (χ0n) is 12.2. The molecule has 5 heteroatoms. The quantitative estimate of drug-likeness (QED) is 0.732. The molecule has 0 aliphatic heterocycles. The monoisotopic (exact) mass is 295 g/mol. The Bertz CT molecular complexity index is 423. The molecule has 1 aromatic heterocycles. The molecule has 3 N–H and O–H groups in total. The van der Waals surface area contributed by atoms with E-state index in [2.05, 4.69) is 22.6 Å². The molecule has 1 saturated carbocycles. The number of nitrogens with zero attached hydrogens (tertiary/aromatic N) is 1. The molecule has 1 aliphatic rings. The van der Waals surface area contributed by atoms with Crippen molar-refractivity contribution in [1.82, 2.24) is 4.98 Å². The standard InChI is InChI=1S/C15H25N3OS/c1-2-3-11(8-9-16)4-7-14(19)18-15-17-13(10-20-15)12-5-6-12/h10-12H,2-9,16H2,1H3,(H,17,18,19). The molecule has 1 aliphatic carbocycles. The van der Waals surface area contributed by atoms with Crippen molar-refractivity contribution in [3.63, 3.8) is 0 Å². The van der Waals surface area contributed by atoms with Gasteiger partial charge in [0.15, 0.2) is 5.13 Å². The molecule has 0 saturated heterocycles. The van der Waals surface area contributed by atoms with Crippen LogP contribution < -0.4 is 11.1 Å². The van der Waals surface area contributed by atoms with Gasteiger partial charge in [-0.05, 0) is 38.1 Å². The topological polar surface area (TPSA) is 68.0 Å². The summed E-state index contributed by atoms with van der Waals surface area (Å²) in [5.41, 5.74) is 6.77. The molecule has 20 heavy (non-hydrogen) atoms. The second-order valence-electron chi connectivity index (χ2n) is 5.67. The molecule has 4 nitrogen and oxygen atoms in total. The Labute approximate surface area is 125 Å². The highest BCUT2D eigenvalue weighted by Crippen LogP contribution is 2.40. The molecule has 1 heterocycles. The van der Waals surface area contributed by atoms with Gasteiger partial charge >= 0.3 is 0 Å². The summed E-state index contributed by atoms with van der Waals surface area (Å²) in [6.07, 6.45) is 7.33. The Morgan fingerprint density at radius 3 is 2.95 bits per heavy atom. The fraction of sp³-hybridized carbons (Fsp3) is 0.733. The van der Waals surface area contributed by atoms with E-state index in [1.807, 2.05) is 0 Å². The SMILES string of the molecule is CCCC(CCN)CCC(=O)Nc1nc(C2CC2)cs1. The van der Waals surface area contributed by atoms with E-state index in [1.54, 1.807) is 0 Å². The van der Waals surface area contributed by atoms with Gasteiger partial charge in [0, 0.05) is 17.7 Å². The van der Waals surface area contributed by atoms with Gasteiger partial charge in [0.2, 0.25) is 5.91 Å². The highest BCUT2D eigenvalue weighted by atomic mass is 32.1. The van der Waals surface area contributed by atoms with Crippen LogP contribution >= 0.6 is 11.3 Å². The van der Waals surface area contributed by atoms with E-state index in [0.717, 1.165) is 36.5 Å². The largest absolute Gasteiger partial charge is 0.330 e. The third kappa shape index (κ3) is 4.87. The number of aromatic nitrogens is 1. The number of rotatable bonds is 9. The molecule has 1 fully saturated rings. The van der Waals surface area contributed by atoms with E-state index in [9.17, 15) is 4.79 Å². The average Bonchev–Trinajstić information content (AvgIpc) is 3.18. The van der Waals surface area contributed by atoms with Crippen molar-refractivity contribution in [2.45, 2.75) is 57.8 Å². The molecule has 1 atom stereocenters. The van der Waals surface area contributed by atoms with Crippen molar-refractivity contribution < 1.29 is 4.79 Å². The first-order chi connectivity index (χ1) is 9.72. The average molecular weight is 295 g/mol. The Kier molecular flexibility index (Phi) is 5.98. The van der Waals surface area contributed by atoms with Gasteiger partial charge in [-0.15, -0.1) is 11.3 Å². The van der Waals surface area contributed by atoms with Crippen LogP contribution in [0, 0.1) is 5.92 Å². The number of nitrogens with two attached hydrogens (primary N) is 1. The number of anilines is 1. The third-order valence-electron chi connectivity index (χ3n) is 3.82. The molecule has 1 unspecified atom stereocenters. The summed E-state index contributed by atoms with van der Waals surface area (Å²) in [6.45, 7) is 2.89. The number of hydrogen-bond donors (Lipinski definition) is 2. The van der Waals surface area contributed by atoms with Crippen molar-refractivity contribution >= 4 is 22.4 Å². The Hall–Kier alpha value is -0.940. The maximum Gasteiger partial charge on any atom is 0.226 e. The Morgan fingerprint density at radius 1 is 1.50 bits per heavy atom. The van der Waals surface area contributed by atoms with Gasteiger partial charge in [-0.1, -0.05) is 19.8 Å². The van der Waals surface area contributed by atoms with E-state index in [1.165, 1.54) is 24.2 Å². The molecular formula is C15H25N3OS. The predicted molar refractivity (Wildman–Crippen MR) is 84.0 cm³/mol. The summed E-state index contributed by atoms with van der Waals surface area (Å²) < 4.78 is 0. The summed E-state index contributed by atoms with van der Waals surface area (Å²) in [5.74, 6) is 1.31. The van der Waals surface area contributed by atoms with Crippen LogP contribution in [-0.2, 0) is 4.79 Å². The van der Waals surface area contributed by atoms with Crippen LogP contribution in [0.25, 0.3) is 0 Å². The van der Waals surface area contributed by atoms with Gasteiger partial charge in [-0.2, -0.15) is 0 Å². The summed E-state index contributed by atoms with van der Waals surface area (Å²) in [5, 5.41) is 5.75. The second-order valence-corrected chi connectivity index (χ2v) is 6.53. The lowest BCUT2D eigenvalue weighted by Gasteiger charge is -2.14. The fourth-order valence-electron chi connectivity index (χ4n) is 2.50. The normalized spacial score (nSPS) is 16.1. The first-order valence-electron chi connectivity index (χ1n) is 7.68. The molecule has 0 aromatic carbocycles. The number of carbonyl (C=O) groups excluding carboxylic acids is 1. The van der Waals surface area contributed by atoms with Gasteiger partial charge in [0.1, 0.15) is 0 Å². The highest BCUT2D eigenvalue weighted by Gasteiger charge is 2.26. The Balaban J connectivity index is 1.73. The number of nitrogens with one attached hydrogen (secondary N) is 1. The number of carbonyl (C=O) groups is 1. The molecule has 0 bridgehead atoms. The lowest BCUT2D eigenvalue weighted by molar-refractivity contribution is -0.116. The molecule has 1 aromatic rings. The predicted octanol–water partition coefficient (Wildman–Crippen LogP) is 3.50. The van der Waals surface area contributed by atoms with E-state index in [-0.39, 0.29) is 5.91 Å². The third-order valence-corrected chi connectivity index (χ3v) is 4.59. The minimum atomic E-state index is 0.0832. The van der Waals surface area contributed by atoms with Crippen molar-refractivity contribution in [2.75, 3.05) is 11.9 Å². The molecule has 1 amide bonds. The zero-order chi connectivity index (χ0) is 14.4. The van der Waals surface area contributed by atoms with Crippen LogP contribution in [-0.4, -0.2) is 17.4 Å². The fourth-order valence-corrected chi connectivity index (χ4v) is 3.31. The Morgan fingerprint density at radius 2 is 2.30 bits per heavy atom. The molecule has 0 spiro atoms. The van der Waals surface area contributed by atoms with Crippen LogP contribution in [0.5, 0.6) is 0 Å². The van der Waals surface area contributed by atoms with E-state index >= 15 is 0 Å². The molecular weight excluding hydrogens is 270 g/mol. The van der Waals surface area contributed by atoms with Gasteiger partial charge < -0.3 is 11.1 Å². The van der Waals surface area contributed by atoms with Gasteiger partial charge in [0.05, 0.1) is 5.69 Å². The highest BCUT2D eigenvalue weighted by molar-refractivity contribution is 7.13. The first-order valence-corrected chi connectivity index (χ1v) is 8.56. The molecule has 2 rings (SSSR count). The lowest BCUT2D eigenvalue weighted by atomic mass is 9.94. The molecule has 0 radical (unpaired) electrons. The lowest BCUT2D eigenvalue weighted by Crippen LogP contribution is -2.15. The number of amides is 1. The zero-order valence-corrected chi connectivity index (χ0v) is 13.0. The van der Waals surface area contributed by atoms with Crippen molar-refractivity contribution in [3.05, 3.63) is 11.1 Å². The van der Waals surface area contributed by atoms with Crippen molar-refractivity contribution in [1.29, 1.82) is 0 Å². The summed E-state index contributed by atoms with van der Waals surface area (Å²) in [7, 11) is 0. The summed E-state index contributed by atoms with van der Waals surface area (Å²) in [4.78, 5) is 16.4. The van der Waals surface area contributed by atoms with Crippen LogP contribution in [0.15, 0.2) is 5.38 Å². The van der Waals surface area contributed by atoms with E-state index in [0.29, 0.717) is 24.8 Å². The van der Waals surface area contributed by atoms with Crippen molar-refractivity contribution in [3.8, 4) is 0 Å². The van der Waals surface area contributed by atoms with Gasteiger partial charge in [-0.25, -0.2) is 4.98 Å². The second kappa shape index (κ2) is 7.74. The first kappa shape index (κ1) is 15.4. The van der Waals surface area contributed by atoms with E-state index in [4.69, 9.17) is 5.73 Å². The van der Waals surface area contributed by atoms with Crippen molar-refractivity contribution in [2.24, 2.45) is 11.7 Å². The summed E-state index contributed by atoms with van der Waals surface area (Å²) in [6, 6.07) is 0. The maximum absolute atomic E-state index is 11.9. The maximum atomic E-state index is 11.9. The minimum absolute atomic E-state index is 0.0832. The van der Waals surface area contributed by atoms with Crippen LogP contribution in [0.2, 0.25) is 0 Å². The minimum Gasteiger partial charge on any atom is -0.330 e. The smallest absolute Gasteiger partial charge is 0.226 e. The van der Waals surface area contributed by atoms with Crippen LogP contribution in [0.3, 0.4) is 0 Å². The number of thiazole rings is 1. The van der Waals surface area contributed by atoms with Crippen LogP contribution in [0.1, 0.15) is 63.5 Å². The number of hydrogen-bond acceptors (Lipinski definition) is 4. The van der Waals surface area contributed by atoms with Gasteiger partial charge in [0.25, 0.3) is 0 Å². The van der Waals surface area contributed by atoms with E-state index < -0.39 is 0 Å². The van der Waals surface area contributed by atoms with Crippen LogP contribution in [0.4, 0.5) is 5.13 Å².